The van der Waals surface area contributed by atoms with Gasteiger partial charge >= 0.3 is 6.18 Å². The average Bonchev–Trinajstić information content (AvgIpc) is 2.61. The Hall–Kier alpha value is -2.76. The van der Waals surface area contributed by atoms with Gasteiger partial charge in [0.05, 0.1) is 17.5 Å². The number of aromatic nitrogens is 1. The van der Waals surface area contributed by atoms with Gasteiger partial charge in [-0.1, -0.05) is 30.3 Å². The second-order valence-corrected chi connectivity index (χ2v) is 6.58. The summed E-state index contributed by atoms with van der Waals surface area (Å²) in [6, 6.07) is 14.1. The minimum atomic E-state index is -4.68. The molecule has 0 aliphatic rings. The lowest BCUT2D eigenvalue weighted by Gasteiger charge is -2.31. The van der Waals surface area contributed by atoms with Crippen LogP contribution in [0, 0.1) is 11.6 Å². The number of pyridine rings is 1. The molecule has 140 valence electrons. The van der Waals surface area contributed by atoms with Crippen molar-refractivity contribution in [1.29, 1.82) is 0 Å². The van der Waals surface area contributed by atoms with E-state index in [4.69, 9.17) is 0 Å². The van der Waals surface area contributed by atoms with E-state index in [9.17, 15) is 22.0 Å². The quantitative estimate of drug-likeness (QED) is 0.514. The maximum absolute atomic E-state index is 14.0. The summed E-state index contributed by atoms with van der Waals surface area (Å²) < 4.78 is 66.9. The van der Waals surface area contributed by atoms with Gasteiger partial charge in [0.1, 0.15) is 11.6 Å². The topological polar surface area (TPSA) is 12.9 Å². The highest BCUT2D eigenvalue weighted by Crippen LogP contribution is 2.38. The van der Waals surface area contributed by atoms with E-state index in [2.05, 4.69) is 4.98 Å². The third-order valence-corrected chi connectivity index (χ3v) is 4.56. The van der Waals surface area contributed by atoms with Gasteiger partial charge in [-0.25, -0.2) is 8.78 Å². The highest BCUT2D eigenvalue weighted by atomic mass is 19.4. The largest absolute Gasteiger partial charge is 0.416 e. The summed E-state index contributed by atoms with van der Waals surface area (Å²) in [5.74, 6) is -1.54. The van der Waals surface area contributed by atoms with Crippen molar-refractivity contribution in [2.45, 2.75) is 24.9 Å². The lowest BCUT2D eigenvalue weighted by Crippen LogP contribution is -2.29. The van der Waals surface area contributed by atoms with Crippen LogP contribution in [0.1, 0.15) is 29.3 Å². The molecule has 3 rings (SSSR count). The molecule has 0 aliphatic carbocycles. The molecule has 0 bridgehead atoms. The van der Waals surface area contributed by atoms with Crippen molar-refractivity contribution in [3.05, 3.63) is 101 Å². The second kappa shape index (κ2) is 7.10. The highest BCUT2D eigenvalue weighted by Gasteiger charge is 2.36. The summed E-state index contributed by atoms with van der Waals surface area (Å²) in [4.78, 5) is 4.07. The molecule has 0 spiro atoms. The Kier molecular flexibility index (Phi) is 5.00. The van der Waals surface area contributed by atoms with Crippen LogP contribution in [-0.4, -0.2) is 4.98 Å². The first kappa shape index (κ1) is 19.0. The van der Waals surface area contributed by atoms with E-state index in [0.717, 1.165) is 23.9 Å². The first-order valence-corrected chi connectivity index (χ1v) is 8.23. The SMILES string of the molecule is CC(Cc1ccccc1)(c1cc(F)cc(C(F)(F)F)c1)c1ccc(F)cn1. The van der Waals surface area contributed by atoms with Crippen LogP contribution in [0.25, 0.3) is 0 Å². The van der Waals surface area contributed by atoms with Gasteiger partial charge in [-0.3, -0.25) is 4.98 Å². The van der Waals surface area contributed by atoms with Crippen molar-refractivity contribution in [2.75, 3.05) is 0 Å². The molecule has 27 heavy (non-hydrogen) atoms. The van der Waals surface area contributed by atoms with Gasteiger partial charge in [0, 0.05) is 5.41 Å². The molecule has 6 heteroatoms. The number of halogens is 5. The molecular weight excluding hydrogens is 361 g/mol. The summed E-state index contributed by atoms with van der Waals surface area (Å²) in [5.41, 5.74) is -0.843. The van der Waals surface area contributed by atoms with Crippen LogP contribution < -0.4 is 0 Å². The van der Waals surface area contributed by atoms with E-state index in [1.54, 1.807) is 19.1 Å². The van der Waals surface area contributed by atoms with Crippen molar-refractivity contribution in [3.8, 4) is 0 Å². The molecule has 1 aromatic heterocycles. The number of nitrogens with zero attached hydrogens (tertiary/aromatic N) is 1. The van der Waals surface area contributed by atoms with Crippen molar-refractivity contribution in [3.63, 3.8) is 0 Å². The Labute approximate surface area is 153 Å². The smallest absolute Gasteiger partial charge is 0.257 e. The Morgan fingerprint density at radius 2 is 1.48 bits per heavy atom. The van der Waals surface area contributed by atoms with Crippen LogP contribution in [0.4, 0.5) is 22.0 Å². The van der Waals surface area contributed by atoms with Crippen molar-refractivity contribution in [1.82, 2.24) is 4.98 Å². The third kappa shape index (κ3) is 4.15. The molecule has 1 heterocycles. The molecule has 1 unspecified atom stereocenters. The monoisotopic (exact) mass is 377 g/mol. The fraction of sp³-hybridized carbons (Fsp3) is 0.190. The maximum atomic E-state index is 14.0. The minimum Gasteiger partial charge on any atom is -0.257 e. The number of alkyl halides is 3. The zero-order chi connectivity index (χ0) is 19.7. The number of hydrogen-bond donors (Lipinski definition) is 0. The van der Waals surface area contributed by atoms with E-state index in [1.807, 2.05) is 18.2 Å². The molecule has 2 aromatic carbocycles. The summed E-state index contributed by atoms with van der Waals surface area (Å²) in [6.45, 7) is 1.68. The van der Waals surface area contributed by atoms with E-state index in [1.165, 1.54) is 12.1 Å². The van der Waals surface area contributed by atoms with Gasteiger partial charge in [0.2, 0.25) is 0 Å². The van der Waals surface area contributed by atoms with Crippen molar-refractivity contribution >= 4 is 0 Å². The highest BCUT2D eigenvalue weighted by molar-refractivity contribution is 5.41. The molecular formula is C21H16F5N. The van der Waals surface area contributed by atoms with E-state index < -0.39 is 28.8 Å². The fourth-order valence-electron chi connectivity index (χ4n) is 3.12. The fourth-order valence-corrected chi connectivity index (χ4v) is 3.12. The van der Waals surface area contributed by atoms with Gasteiger partial charge < -0.3 is 0 Å². The minimum absolute atomic E-state index is 0.123. The van der Waals surface area contributed by atoms with E-state index in [0.29, 0.717) is 11.8 Å². The average molecular weight is 377 g/mol. The molecule has 0 saturated carbocycles. The number of hydrogen-bond acceptors (Lipinski definition) is 1. The van der Waals surface area contributed by atoms with E-state index >= 15 is 0 Å². The van der Waals surface area contributed by atoms with Crippen molar-refractivity contribution < 1.29 is 22.0 Å². The lowest BCUT2D eigenvalue weighted by molar-refractivity contribution is -0.137. The maximum Gasteiger partial charge on any atom is 0.416 e. The molecule has 0 N–H and O–H groups in total. The molecule has 1 atom stereocenters. The first-order valence-electron chi connectivity index (χ1n) is 8.23. The number of rotatable bonds is 4. The molecule has 3 aromatic rings. The summed E-state index contributed by atoms with van der Waals surface area (Å²) >= 11 is 0. The predicted molar refractivity (Wildman–Crippen MR) is 92.2 cm³/mol. The normalized spacial score (nSPS) is 14.0. The summed E-state index contributed by atoms with van der Waals surface area (Å²) in [6.07, 6.45) is -3.41. The predicted octanol–water partition coefficient (Wildman–Crippen LogP) is 5.93. The Bertz CT molecular complexity index is 920. The first-order chi connectivity index (χ1) is 12.7. The second-order valence-electron chi connectivity index (χ2n) is 6.58. The Morgan fingerprint density at radius 1 is 0.815 bits per heavy atom. The van der Waals surface area contributed by atoms with Crippen LogP contribution in [0.15, 0.2) is 66.9 Å². The molecule has 0 amide bonds. The summed E-state index contributed by atoms with van der Waals surface area (Å²) in [5, 5.41) is 0. The molecule has 0 saturated heterocycles. The molecule has 0 fully saturated rings. The molecule has 0 aliphatic heterocycles. The van der Waals surface area contributed by atoms with Crippen LogP contribution >= 0.6 is 0 Å². The van der Waals surface area contributed by atoms with Gasteiger partial charge in [-0.05, 0) is 54.8 Å². The van der Waals surface area contributed by atoms with Crippen LogP contribution in [0.2, 0.25) is 0 Å². The standard InChI is InChI=1S/C21H16F5N/c1-20(12-14-5-3-2-4-6-14,19-8-7-17(22)13-27-19)15-9-16(21(24,25)26)11-18(23)10-15/h2-11,13H,12H2,1H3. The van der Waals surface area contributed by atoms with Gasteiger partial charge in [-0.15, -0.1) is 0 Å². The number of benzene rings is 2. The third-order valence-electron chi connectivity index (χ3n) is 4.56. The van der Waals surface area contributed by atoms with Gasteiger partial charge in [0.15, 0.2) is 0 Å². The molecule has 0 radical (unpaired) electrons. The van der Waals surface area contributed by atoms with Crippen molar-refractivity contribution in [2.24, 2.45) is 0 Å². The van der Waals surface area contributed by atoms with Crippen LogP contribution in [0.5, 0.6) is 0 Å². The molecule has 1 nitrogen and oxygen atoms in total. The Balaban J connectivity index is 2.18. The van der Waals surface area contributed by atoms with Crippen LogP contribution in [0.3, 0.4) is 0 Å². The van der Waals surface area contributed by atoms with Gasteiger partial charge in [-0.2, -0.15) is 13.2 Å². The summed E-state index contributed by atoms with van der Waals surface area (Å²) in [7, 11) is 0. The van der Waals surface area contributed by atoms with Crippen LogP contribution in [-0.2, 0) is 18.0 Å². The Morgan fingerprint density at radius 3 is 2.07 bits per heavy atom. The lowest BCUT2D eigenvalue weighted by atomic mass is 9.74. The zero-order valence-corrected chi connectivity index (χ0v) is 14.4. The van der Waals surface area contributed by atoms with E-state index in [-0.39, 0.29) is 12.0 Å². The zero-order valence-electron chi connectivity index (χ0n) is 14.4. The van der Waals surface area contributed by atoms with Gasteiger partial charge in [0.25, 0.3) is 0 Å².